The fourth-order valence-electron chi connectivity index (χ4n) is 1.82. The van der Waals surface area contributed by atoms with Crippen LogP contribution in [-0.2, 0) is 20.2 Å². The third kappa shape index (κ3) is 6.67. The predicted molar refractivity (Wildman–Crippen MR) is 82.9 cm³/mol. The molecule has 0 aromatic heterocycles. The van der Waals surface area contributed by atoms with Crippen LogP contribution in [0, 0.1) is 0 Å². The molecule has 0 unspecified atom stereocenters. The average molecular weight is 299 g/mol. The third-order valence-corrected chi connectivity index (χ3v) is 4.68. The Balaban J connectivity index is 2.56. The van der Waals surface area contributed by atoms with Gasteiger partial charge in [-0.3, -0.25) is 9.46 Å². The maximum atomic E-state index is 12.6. The lowest BCUT2D eigenvalue weighted by Crippen LogP contribution is -2.21. The molecule has 0 bridgehead atoms. The number of nitrogens with zero attached hydrogens (tertiary/aromatic N) is 1. The van der Waals surface area contributed by atoms with Crippen molar-refractivity contribution in [3.63, 3.8) is 0 Å². The van der Waals surface area contributed by atoms with Crippen molar-refractivity contribution in [2.24, 2.45) is 0 Å². The van der Waals surface area contributed by atoms with Crippen LogP contribution in [0.5, 0.6) is 0 Å². The molecule has 0 aliphatic heterocycles. The Morgan fingerprint density at radius 3 is 2.10 bits per heavy atom. The van der Waals surface area contributed by atoms with E-state index in [0.717, 1.165) is 19.4 Å². The molecule has 114 valence electrons. The molecule has 0 spiro atoms. The third-order valence-electron chi connectivity index (χ3n) is 2.69. The summed E-state index contributed by atoms with van der Waals surface area (Å²) in [5.41, 5.74) is 1.19. The molecule has 1 rings (SSSR count). The number of hydrogen-bond donors (Lipinski definition) is 0. The van der Waals surface area contributed by atoms with Crippen molar-refractivity contribution in [2.75, 3.05) is 26.5 Å². The summed E-state index contributed by atoms with van der Waals surface area (Å²) in [6.07, 6.45) is 1.99. The molecule has 0 radical (unpaired) electrons. The summed E-state index contributed by atoms with van der Waals surface area (Å²) in [7, 11) is -1.08. The maximum Gasteiger partial charge on any atom is 0.344 e. The molecular weight excluding hydrogens is 273 g/mol. The minimum absolute atomic E-state index is 0.321. The van der Waals surface area contributed by atoms with Gasteiger partial charge < -0.3 is 9.05 Å². The minimum Gasteiger partial charge on any atom is -0.308 e. The highest BCUT2D eigenvalue weighted by molar-refractivity contribution is 7.53. The van der Waals surface area contributed by atoms with Gasteiger partial charge in [0.25, 0.3) is 0 Å². The van der Waals surface area contributed by atoms with Gasteiger partial charge in [-0.2, -0.15) is 0 Å². The Morgan fingerprint density at radius 2 is 1.60 bits per heavy atom. The Kier molecular flexibility index (Phi) is 8.08. The first-order chi connectivity index (χ1) is 9.59. The molecule has 4 nitrogen and oxygen atoms in total. The van der Waals surface area contributed by atoms with Gasteiger partial charge >= 0.3 is 7.60 Å². The molecular formula is C15H26NO3P. The molecule has 0 aliphatic rings. The van der Waals surface area contributed by atoms with E-state index in [0.29, 0.717) is 19.5 Å². The largest absolute Gasteiger partial charge is 0.344 e. The van der Waals surface area contributed by atoms with Crippen LogP contribution in [0.3, 0.4) is 0 Å². The van der Waals surface area contributed by atoms with E-state index >= 15 is 0 Å². The zero-order valence-corrected chi connectivity index (χ0v) is 13.6. The van der Waals surface area contributed by atoms with Gasteiger partial charge in [-0.1, -0.05) is 44.2 Å². The summed E-state index contributed by atoms with van der Waals surface area (Å²) < 4.78 is 23.6. The van der Waals surface area contributed by atoms with E-state index in [2.05, 4.69) is 12.1 Å². The second kappa shape index (κ2) is 9.30. The van der Waals surface area contributed by atoms with E-state index in [4.69, 9.17) is 9.05 Å². The topological polar surface area (TPSA) is 38.8 Å². The van der Waals surface area contributed by atoms with Gasteiger partial charge in [-0.15, -0.1) is 0 Å². The lowest BCUT2D eigenvalue weighted by atomic mass is 10.2. The van der Waals surface area contributed by atoms with Gasteiger partial charge in [0.1, 0.15) is 6.29 Å². The quantitative estimate of drug-likeness (QED) is 0.609. The van der Waals surface area contributed by atoms with Crippen LogP contribution in [0.15, 0.2) is 30.3 Å². The lowest BCUT2D eigenvalue weighted by molar-refractivity contribution is 0.189. The summed E-state index contributed by atoms with van der Waals surface area (Å²) >= 11 is 0. The lowest BCUT2D eigenvalue weighted by Gasteiger charge is -2.24. The molecule has 0 amide bonds. The average Bonchev–Trinajstić information content (AvgIpc) is 2.44. The van der Waals surface area contributed by atoms with Gasteiger partial charge in [0.05, 0.1) is 13.2 Å². The molecule has 0 atom stereocenters. The highest BCUT2D eigenvalue weighted by Gasteiger charge is 2.26. The van der Waals surface area contributed by atoms with Crippen LogP contribution in [0.25, 0.3) is 0 Å². The van der Waals surface area contributed by atoms with E-state index in [1.54, 1.807) is 0 Å². The molecule has 1 aromatic carbocycles. The maximum absolute atomic E-state index is 12.6. The molecule has 0 saturated heterocycles. The van der Waals surface area contributed by atoms with Crippen LogP contribution in [0.4, 0.5) is 0 Å². The first-order valence-corrected chi connectivity index (χ1v) is 8.93. The van der Waals surface area contributed by atoms with Crippen molar-refractivity contribution in [3.8, 4) is 0 Å². The Hall–Kier alpha value is -0.670. The van der Waals surface area contributed by atoms with Gasteiger partial charge in [-0.25, -0.2) is 0 Å². The first kappa shape index (κ1) is 17.4. The van der Waals surface area contributed by atoms with Gasteiger partial charge in [0, 0.05) is 6.54 Å². The SMILES string of the molecule is CCCOP(=O)(CN(C)Cc1ccccc1)OCCC. The Bertz CT molecular complexity index is 399. The molecule has 20 heavy (non-hydrogen) atoms. The molecule has 5 heteroatoms. The van der Waals surface area contributed by atoms with Crippen LogP contribution >= 0.6 is 7.60 Å². The standard InChI is InChI=1S/C15H26NO3P/c1-4-11-18-20(17,19-12-5-2)14-16(3)13-15-9-7-6-8-10-15/h6-10H,4-5,11-14H2,1-3H3. The molecule has 0 N–H and O–H groups in total. The van der Waals surface area contributed by atoms with Crippen molar-refractivity contribution >= 4 is 7.60 Å². The summed E-state index contributed by atoms with van der Waals surface area (Å²) in [5, 5.41) is 0. The van der Waals surface area contributed by atoms with E-state index in [-0.39, 0.29) is 0 Å². The normalized spacial score (nSPS) is 12.0. The van der Waals surface area contributed by atoms with Crippen molar-refractivity contribution in [1.82, 2.24) is 4.90 Å². The van der Waals surface area contributed by atoms with Gasteiger partial charge in [0.2, 0.25) is 0 Å². The van der Waals surface area contributed by atoms with Crippen molar-refractivity contribution in [3.05, 3.63) is 35.9 Å². The smallest absolute Gasteiger partial charge is 0.308 e. The van der Waals surface area contributed by atoms with Gasteiger partial charge in [0.15, 0.2) is 0 Å². The highest BCUT2D eigenvalue weighted by atomic mass is 31.2. The van der Waals surface area contributed by atoms with E-state index in [1.807, 2.05) is 44.0 Å². The minimum atomic E-state index is -3.02. The first-order valence-electron chi connectivity index (χ1n) is 7.20. The van der Waals surface area contributed by atoms with Gasteiger partial charge in [-0.05, 0) is 25.5 Å². The predicted octanol–water partition coefficient (Wildman–Crippen LogP) is 4.12. The monoisotopic (exact) mass is 299 g/mol. The molecule has 0 saturated carbocycles. The number of rotatable bonds is 10. The molecule has 1 aromatic rings. The van der Waals surface area contributed by atoms with E-state index in [9.17, 15) is 4.57 Å². The summed E-state index contributed by atoms with van der Waals surface area (Å²) in [6, 6.07) is 10.1. The zero-order valence-electron chi connectivity index (χ0n) is 12.7. The summed E-state index contributed by atoms with van der Waals surface area (Å²) in [6.45, 7) is 5.67. The fraction of sp³-hybridized carbons (Fsp3) is 0.600. The second-order valence-corrected chi connectivity index (χ2v) is 6.94. The highest BCUT2D eigenvalue weighted by Crippen LogP contribution is 2.48. The zero-order chi connectivity index (χ0) is 14.8. The van der Waals surface area contributed by atoms with Crippen molar-refractivity contribution < 1.29 is 13.6 Å². The summed E-state index contributed by atoms with van der Waals surface area (Å²) in [5.74, 6) is 0. The van der Waals surface area contributed by atoms with Crippen LogP contribution in [0.2, 0.25) is 0 Å². The van der Waals surface area contributed by atoms with Crippen LogP contribution in [0.1, 0.15) is 32.3 Å². The molecule has 0 aliphatic carbocycles. The Labute approximate surface area is 122 Å². The van der Waals surface area contributed by atoms with Crippen LogP contribution < -0.4 is 0 Å². The fourth-order valence-corrected chi connectivity index (χ4v) is 3.67. The summed E-state index contributed by atoms with van der Waals surface area (Å²) in [4.78, 5) is 1.99. The number of benzene rings is 1. The van der Waals surface area contributed by atoms with Crippen molar-refractivity contribution in [1.29, 1.82) is 0 Å². The molecule has 0 heterocycles. The van der Waals surface area contributed by atoms with E-state index < -0.39 is 7.60 Å². The van der Waals surface area contributed by atoms with Crippen molar-refractivity contribution in [2.45, 2.75) is 33.2 Å². The molecule has 0 fully saturated rings. The number of hydrogen-bond acceptors (Lipinski definition) is 4. The van der Waals surface area contributed by atoms with Crippen LogP contribution in [-0.4, -0.2) is 31.4 Å². The second-order valence-electron chi connectivity index (χ2n) is 4.92. The van der Waals surface area contributed by atoms with E-state index in [1.165, 1.54) is 5.56 Å². The Morgan fingerprint density at radius 1 is 1.05 bits per heavy atom.